The Morgan fingerprint density at radius 2 is 2.18 bits per heavy atom. The van der Waals surface area contributed by atoms with Gasteiger partial charge < -0.3 is 11.1 Å². The van der Waals surface area contributed by atoms with Crippen molar-refractivity contribution in [1.29, 1.82) is 0 Å². The molecular weight excluding hydrogens is 216 g/mol. The number of carbonyl (C=O) groups excluding carboxylic acids is 1. The van der Waals surface area contributed by atoms with Crippen LogP contribution >= 0.6 is 0 Å². The van der Waals surface area contributed by atoms with Crippen LogP contribution in [0.3, 0.4) is 0 Å². The molecule has 1 aromatic rings. The van der Waals surface area contributed by atoms with Crippen LogP contribution in [-0.2, 0) is 23.3 Å². The highest BCUT2D eigenvalue weighted by molar-refractivity contribution is 5.73. The summed E-state index contributed by atoms with van der Waals surface area (Å²) in [5.41, 5.74) is 7.28. The maximum Gasteiger partial charge on any atom is 0.239 e. The molecule has 1 heterocycles. The normalized spacial score (nSPS) is 11.8. The lowest BCUT2D eigenvalue weighted by atomic mass is 9.89. The highest BCUT2D eigenvalue weighted by atomic mass is 16.1. The van der Waals surface area contributed by atoms with Crippen molar-refractivity contribution < 1.29 is 4.79 Å². The minimum atomic E-state index is -0.372. The average molecular weight is 238 g/mol. The topological polar surface area (TPSA) is 72.9 Å². The second-order valence-corrected chi connectivity index (χ2v) is 5.20. The van der Waals surface area contributed by atoms with E-state index in [-0.39, 0.29) is 17.9 Å². The van der Waals surface area contributed by atoms with Crippen LogP contribution < -0.4 is 11.1 Å². The van der Waals surface area contributed by atoms with Gasteiger partial charge in [0, 0.05) is 23.7 Å². The summed E-state index contributed by atoms with van der Waals surface area (Å²) >= 11 is 0. The van der Waals surface area contributed by atoms with Crippen LogP contribution in [0.4, 0.5) is 0 Å². The Labute approximate surface area is 102 Å². The van der Waals surface area contributed by atoms with Crippen molar-refractivity contribution in [1.82, 2.24) is 15.1 Å². The van der Waals surface area contributed by atoms with Gasteiger partial charge in [0.2, 0.25) is 5.91 Å². The molecule has 96 valence electrons. The molecule has 5 nitrogen and oxygen atoms in total. The van der Waals surface area contributed by atoms with Crippen LogP contribution in [-0.4, -0.2) is 22.2 Å². The van der Waals surface area contributed by atoms with E-state index in [1.165, 1.54) is 0 Å². The lowest BCUT2D eigenvalue weighted by Crippen LogP contribution is -2.20. The van der Waals surface area contributed by atoms with Gasteiger partial charge in [0.05, 0.1) is 5.69 Å². The van der Waals surface area contributed by atoms with E-state index in [4.69, 9.17) is 5.73 Å². The first-order valence-corrected chi connectivity index (χ1v) is 5.90. The lowest BCUT2D eigenvalue weighted by molar-refractivity contribution is -0.118. The van der Waals surface area contributed by atoms with Gasteiger partial charge in [0.1, 0.15) is 6.54 Å². The SMILES string of the molecule is CCNCc1cn(CC(N)=O)nc1C(C)(C)C. The third-order valence-electron chi connectivity index (χ3n) is 2.43. The molecule has 1 amide bonds. The summed E-state index contributed by atoms with van der Waals surface area (Å²) in [6, 6.07) is 0. The molecule has 0 atom stereocenters. The molecule has 1 aromatic heterocycles. The van der Waals surface area contributed by atoms with Gasteiger partial charge in [-0.2, -0.15) is 5.10 Å². The average Bonchev–Trinajstić information content (AvgIpc) is 2.56. The smallest absolute Gasteiger partial charge is 0.239 e. The Balaban J connectivity index is 2.99. The monoisotopic (exact) mass is 238 g/mol. The predicted octanol–water partition coefficient (Wildman–Crippen LogP) is 0.775. The lowest BCUT2D eigenvalue weighted by Gasteiger charge is -2.17. The largest absolute Gasteiger partial charge is 0.368 e. The molecule has 0 saturated heterocycles. The summed E-state index contributed by atoms with van der Waals surface area (Å²) in [5.74, 6) is -0.372. The third-order valence-corrected chi connectivity index (χ3v) is 2.43. The standard InChI is InChI=1S/C12H22N4O/c1-5-14-6-9-7-16(8-10(13)17)15-11(9)12(2,3)4/h7,14H,5-6,8H2,1-4H3,(H2,13,17). The van der Waals surface area contributed by atoms with Gasteiger partial charge in [-0.05, 0) is 6.54 Å². The van der Waals surface area contributed by atoms with Crippen molar-refractivity contribution in [2.75, 3.05) is 6.54 Å². The first-order valence-electron chi connectivity index (χ1n) is 5.90. The van der Waals surface area contributed by atoms with Gasteiger partial charge in [0.15, 0.2) is 0 Å². The van der Waals surface area contributed by atoms with Crippen LogP contribution in [0.15, 0.2) is 6.20 Å². The van der Waals surface area contributed by atoms with Gasteiger partial charge in [-0.1, -0.05) is 27.7 Å². The number of hydrogen-bond donors (Lipinski definition) is 2. The van der Waals surface area contributed by atoms with Crippen molar-refractivity contribution in [2.24, 2.45) is 5.73 Å². The number of carbonyl (C=O) groups is 1. The van der Waals surface area contributed by atoms with Crippen molar-refractivity contribution in [3.63, 3.8) is 0 Å². The Morgan fingerprint density at radius 1 is 1.53 bits per heavy atom. The minimum Gasteiger partial charge on any atom is -0.368 e. The fourth-order valence-corrected chi connectivity index (χ4v) is 1.72. The van der Waals surface area contributed by atoms with Crippen LogP contribution in [0.1, 0.15) is 39.0 Å². The van der Waals surface area contributed by atoms with Crippen molar-refractivity contribution >= 4 is 5.91 Å². The van der Waals surface area contributed by atoms with Crippen LogP contribution in [0.25, 0.3) is 0 Å². The molecule has 0 fully saturated rings. The van der Waals surface area contributed by atoms with Crippen LogP contribution in [0.2, 0.25) is 0 Å². The number of nitrogens with zero attached hydrogens (tertiary/aromatic N) is 2. The van der Waals surface area contributed by atoms with E-state index in [0.29, 0.717) is 0 Å². The Morgan fingerprint density at radius 3 is 2.65 bits per heavy atom. The summed E-state index contributed by atoms with van der Waals surface area (Å²) in [5, 5.41) is 7.72. The van der Waals surface area contributed by atoms with Gasteiger partial charge in [-0.3, -0.25) is 9.48 Å². The number of hydrogen-bond acceptors (Lipinski definition) is 3. The number of rotatable bonds is 5. The minimum absolute atomic E-state index is 0.0341. The molecule has 0 spiro atoms. The molecule has 0 bridgehead atoms. The summed E-state index contributed by atoms with van der Waals surface area (Å²) in [7, 11) is 0. The van der Waals surface area contributed by atoms with Gasteiger partial charge in [-0.25, -0.2) is 0 Å². The highest BCUT2D eigenvalue weighted by Crippen LogP contribution is 2.24. The number of nitrogens with one attached hydrogen (secondary N) is 1. The number of primary amides is 1. The summed E-state index contributed by atoms with van der Waals surface area (Å²) in [6.07, 6.45) is 1.90. The molecule has 1 rings (SSSR count). The Bertz CT molecular complexity index is 390. The van der Waals surface area contributed by atoms with E-state index < -0.39 is 0 Å². The molecule has 0 aliphatic rings. The van der Waals surface area contributed by atoms with Gasteiger partial charge in [-0.15, -0.1) is 0 Å². The van der Waals surface area contributed by atoms with E-state index >= 15 is 0 Å². The Hall–Kier alpha value is -1.36. The first kappa shape index (κ1) is 13.7. The number of nitrogens with two attached hydrogens (primary N) is 1. The zero-order valence-corrected chi connectivity index (χ0v) is 11.1. The zero-order valence-electron chi connectivity index (χ0n) is 11.1. The van der Waals surface area contributed by atoms with E-state index in [1.54, 1.807) is 4.68 Å². The second kappa shape index (κ2) is 5.31. The second-order valence-electron chi connectivity index (χ2n) is 5.20. The summed E-state index contributed by atoms with van der Waals surface area (Å²) in [6.45, 7) is 10.2. The molecule has 0 saturated carbocycles. The fraction of sp³-hybridized carbons (Fsp3) is 0.667. The molecule has 0 unspecified atom stereocenters. The van der Waals surface area contributed by atoms with Gasteiger partial charge >= 0.3 is 0 Å². The van der Waals surface area contributed by atoms with Crippen LogP contribution in [0.5, 0.6) is 0 Å². The number of aromatic nitrogens is 2. The first-order chi connectivity index (χ1) is 7.84. The van der Waals surface area contributed by atoms with E-state index in [9.17, 15) is 4.79 Å². The fourth-order valence-electron chi connectivity index (χ4n) is 1.72. The third kappa shape index (κ3) is 3.85. The maximum absolute atomic E-state index is 10.9. The molecule has 0 aliphatic heterocycles. The summed E-state index contributed by atoms with van der Waals surface area (Å²) in [4.78, 5) is 10.9. The summed E-state index contributed by atoms with van der Waals surface area (Å²) < 4.78 is 1.62. The highest BCUT2D eigenvalue weighted by Gasteiger charge is 2.22. The molecule has 5 heteroatoms. The number of amides is 1. The molecular formula is C12H22N4O. The molecule has 0 radical (unpaired) electrons. The van der Waals surface area contributed by atoms with Crippen LogP contribution in [0, 0.1) is 0 Å². The molecule has 0 aliphatic carbocycles. The van der Waals surface area contributed by atoms with Gasteiger partial charge in [0.25, 0.3) is 0 Å². The maximum atomic E-state index is 10.9. The zero-order chi connectivity index (χ0) is 13.1. The predicted molar refractivity (Wildman–Crippen MR) is 67.5 cm³/mol. The quantitative estimate of drug-likeness (QED) is 0.796. The molecule has 3 N–H and O–H groups in total. The van der Waals surface area contributed by atoms with Crippen molar-refractivity contribution in [3.05, 3.63) is 17.5 Å². The van der Waals surface area contributed by atoms with Crippen molar-refractivity contribution in [2.45, 2.75) is 46.2 Å². The van der Waals surface area contributed by atoms with Crippen molar-refractivity contribution in [3.8, 4) is 0 Å². The van der Waals surface area contributed by atoms with E-state index in [2.05, 4.69) is 38.1 Å². The van der Waals surface area contributed by atoms with E-state index in [0.717, 1.165) is 24.3 Å². The molecule has 17 heavy (non-hydrogen) atoms. The molecule has 0 aromatic carbocycles. The Kier molecular flexibility index (Phi) is 4.28. The van der Waals surface area contributed by atoms with E-state index in [1.807, 2.05) is 6.20 Å².